The maximum atomic E-state index is 5.50. The second-order valence-corrected chi connectivity index (χ2v) is 26.7. The van der Waals surface area contributed by atoms with E-state index in [9.17, 15) is 0 Å². The van der Waals surface area contributed by atoms with Crippen molar-refractivity contribution in [2.45, 2.75) is 80.1 Å². The molecule has 0 N–H and O–H groups in total. The fourth-order valence-corrected chi connectivity index (χ4v) is 22.8. The van der Waals surface area contributed by atoms with Crippen LogP contribution in [0.2, 0.25) is 52.4 Å². The average Bonchev–Trinajstić information content (AvgIpc) is 2.58. The molecule has 0 bridgehead atoms. The first kappa shape index (κ1) is 25.7. The van der Waals surface area contributed by atoms with Gasteiger partial charge in [0.25, 0.3) is 0 Å². The van der Waals surface area contributed by atoms with Gasteiger partial charge in [0.2, 0.25) is 0 Å². The molecule has 5 heteroatoms. The molecule has 2 aromatic carbocycles. The van der Waals surface area contributed by atoms with E-state index in [0.717, 1.165) is 0 Å². The lowest BCUT2D eigenvalue weighted by Crippen LogP contribution is -2.62. The average molecular weight is 467 g/mol. The molecule has 0 aliphatic carbocycles. The third-order valence-corrected chi connectivity index (χ3v) is 19.8. The Kier molecular flexibility index (Phi) is 7.56. The minimum absolute atomic E-state index is 1.17. The van der Waals surface area contributed by atoms with Gasteiger partial charge in [0.15, 0.2) is 0 Å². The highest BCUT2D eigenvalue weighted by atomic mass is 28.4. The Balaban J connectivity index is 2.85. The molecule has 0 atom stereocenters. The van der Waals surface area contributed by atoms with Gasteiger partial charge in [-0.3, -0.25) is 9.98 Å². The molecule has 168 valence electrons. The largest absolute Gasteiger partial charge is 0.266 e. The van der Waals surface area contributed by atoms with Gasteiger partial charge in [-0.1, -0.05) is 88.8 Å². The molecule has 0 aromatic heterocycles. The lowest BCUT2D eigenvalue weighted by Gasteiger charge is -2.38. The first-order valence-corrected chi connectivity index (χ1v) is 21.4. The standard InChI is InChI=1S/C26H42N2Si3/c1-19-15-13-16-20(2)23(19)27-25(29(5,6)7)31(11,12)26(30(8,9)10)28-24-21(3)17-14-18-22(24)4/h13-18H,1-12H3. The molecule has 0 radical (unpaired) electrons. The minimum Gasteiger partial charge on any atom is -0.266 e. The molecule has 0 fully saturated rings. The number of nitrogens with zero attached hydrogens (tertiary/aromatic N) is 2. The van der Waals surface area contributed by atoms with Crippen LogP contribution in [-0.4, -0.2) is 34.1 Å². The third-order valence-electron chi connectivity index (χ3n) is 5.93. The molecule has 0 saturated heterocycles. The highest BCUT2D eigenvalue weighted by molar-refractivity contribution is 7.51. The zero-order valence-corrected chi connectivity index (χ0v) is 24.9. The molecule has 0 saturated carbocycles. The van der Waals surface area contributed by atoms with Crippen molar-refractivity contribution in [2.75, 3.05) is 0 Å². The number of aryl methyl sites for hydroxylation is 4. The second-order valence-electron chi connectivity index (χ2n) is 11.5. The predicted molar refractivity (Wildman–Crippen MR) is 150 cm³/mol. The van der Waals surface area contributed by atoms with E-state index in [1.54, 1.807) is 0 Å². The summed E-state index contributed by atoms with van der Waals surface area (Å²) in [5, 5.41) is 0. The fraction of sp³-hybridized carbons (Fsp3) is 0.462. The van der Waals surface area contributed by atoms with E-state index in [2.05, 4.69) is 116 Å². The molecule has 0 aliphatic heterocycles. The lowest BCUT2D eigenvalue weighted by molar-refractivity contribution is 1.33. The summed E-state index contributed by atoms with van der Waals surface area (Å²) < 4.78 is 0. The van der Waals surface area contributed by atoms with Crippen LogP contribution in [0.5, 0.6) is 0 Å². The van der Waals surface area contributed by atoms with Gasteiger partial charge in [0, 0.05) is 0 Å². The normalized spacial score (nSPS) is 14.2. The molecule has 0 aliphatic rings. The SMILES string of the molecule is Cc1cccc(C)c1N=C([Si](C)(C)C)[Si](C)(C)C(=Nc1c(C)cccc1C)[Si](C)(C)C. The van der Waals surface area contributed by atoms with Crippen molar-refractivity contribution in [1.82, 2.24) is 0 Å². The zero-order chi connectivity index (χ0) is 23.8. The Morgan fingerprint density at radius 1 is 0.516 bits per heavy atom. The molecule has 0 heterocycles. The van der Waals surface area contributed by atoms with Crippen molar-refractivity contribution in [3.05, 3.63) is 58.7 Å². The van der Waals surface area contributed by atoms with Crippen molar-refractivity contribution in [3.8, 4) is 0 Å². The van der Waals surface area contributed by atoms with Crippen LogP contribution in [0.3, 0.4) is 0 Å². The van der Waals surface area contributed by atoms with E-state index >= 15 is 0 Å². The van der Waals surface area contributed by atoms with Crippen LogP contribution >= 0.6 is 0 Å². The Hall–Kier alpha value is -1.57. The van der Waals surface area contributed by atoms with Crippen molar-refractivity contribution >= 4 is 45.5 Å². The summed E-state index contributed by atoms with van der Waals surface area (Å²) in [7, 11) is -5.43. The molecule has 2 aromatic rings. The second kappa shape index (κ2) is 9.12. The van der Waals surface area contributed by atoms with Crippen LogP contribution < -0.4 is 0 Å². The first-order chi connectivity index (χ1) is 14.1. The molecule has 0 amide bonds. The highest BCUT2D eigenvalue weighted by Crippen LogP contribution is 2.32. The summed E-state index contributed by atoms with van der Waals surface area (Å²) >= 11 is 0. The molecule has 0 unspecified atom stereocenters. The van der Waals surface area contributed by atoms with Crippen molar-refractivity contribution in [2.24, 2.45) is 9.98 Å². The molecule has 0 spiro atoms. The summed E-state index contributed by atoms with van der Waals surface area (Å²) in [6, 6.07) is 13.0. The van der Waals surface area contributed by atoms with E-state index in [-0.39, 0.29) is 0 Å². The predicted octanol–water partition coefficient (Wildman–Crippen LogP) is 8.31. The zero-order valence-electron chi connectivity index (χ0n) is 21.9. The quantitative estimate of drug-likeness (QED) is 0.302. The van der Waals surface area contributed by atoms with Gasteiger partial charge >= 0.3 is 0 Å². The fourth-order valence-electron chi connectivity index (χ4n) is 4.79. The van der Waals surface area contributed by atoms with E-state index in [1.165, 1.54) is 43.5 Å². The molecule has 2 nitrogen and oxygen atoms in total. The summed E-state index contributed by atoms with van der Waals surface area (Å²) in [6.45, 7) is 28.5. The lowest BCUT2D eigenvalue weighted by atomic mass is 10.1. The van der Waals surface area contributed by atoms with Gasteiger partial charge in [-0.25, -0.2) is 0 Å². The van der Waals surface area contributed by atoms with Crippen LogP contribution in [0.1, 0.15) is 22.3 Å². The molecule has 31 heavy (non-hydrogen) atoms. The van der Waals surface area contributed by atoms with Crippen LogP contribution in [0.15, 0.2) is 46.4 Å². The van der Waals surface area contributed by atoms with Gasteiger partial charge in [0.05, 0.1) is 27.5 Å². The number of aliphatic imine (C=N–C) groups is 2. The summed E-state index contributed by atoms with van der Waals surface area (Å²) in [6.07, 6.45) is 0. The Labute approximate surface area is 194 Å². The summed E-state index contributed by atoms with van der Waals surface area (Å²) in [5.74, 6) is 0. The highest BCUT2D eigenvalue weighted by Gasteiger charge is 2.45. The first-order valence-electron chi connectivity index (χ1n) is 11.4. The minimum atomic E-state index is -2.07. The van der Waals surface area contributed by atoms with Gasteiger partial charge in [0.1, 0.15) is 8.07 Å². The van der Waals surface area contributed by atoms with Gasteiger partial charge in [-0.05, 0) is 59.9 Å². The molecular formula is C26H42N2Si3. The molecule has 2 rings (SSSR count). The summed E-state index contributed by atoms with van der Waals surface area (Å²) in [4.78, 5) is 14.0. The van der Waals surface area contributed by atoms with Crippen LogP contribution in [0.25, 0.3) is 0 Å². The van der Waals surface area contributed by atoms with E-state index in [4.69, 9.17) is 9.98 Å². The Morgan fingerprint density at radius 3 is 1.00 bits per heavy atom. The maximum Gasteiger partial charge on any atom is 0.137 e. The summed E-state index contributed by atoms with van der Waals surface area (Å²) in [5.41, 5.74) is 7.40. The third kappa shape index (κ3) is 5.82. The van der Waals surface area contributed by atoms with E-state index in [1.807, 2.05) is 0 Å². The Morgan fingerprint density at radius 2 is 0.774 bits per heavy atom. The van der Waals surface area contributed by atoms with Crippen molar-refractivity contribution in [1.29, 1.82) is 0 Å². The van der Waals surface area contributed by atoms with E-state index < -0.39 is 24.2 Å². The topological polar surface area (TPSA) is 24.7 Å². The monoisotopic (exact) mass is 466 g/mol. The number of hydrogen-bond donors (Lipinski definition) is 0. The van der Waals surface area contributed by atoms with Crippen LogP contribution in [-0.2, 0) is 0 Å². The smallest absolute Gasteiger partial charge is 0.137 e. The van der Waals surface area contributed by atoms with Crippen LogP contribution in [0.4, 0.5) is 11.4 Å². The van der Waals surface area contributed by atoms with Gasteiger partial charge in [-0.2, -0.15) is 0 Å². The Bertz CT molecular complexity index is 898. The van der Waals surface area contributed by atoms with Gasteiger partial charge < -0.3 is 0 Å². The maximum absolute atomic E-state index is 5.50. The number of rotatable bonds is 6. The number of para-hydroxylation sites is 2. The molecular weight excluding hydrogens is 425 g/mol. The van der Waals surface area contributed by atoms with Crippen LogP contribution in [0, 0.1) is 27.7 Å². The van der Waals surface area contributed by atoms with Crippen molar-refractivity contribution in [3.63, 3.8) is 0 Å². The van der Waals surface area contributed by atoms with Gasteiger partial charge in [-0.15, -0.1) is 0 Å². The number of benzene rings is 2. The van der Waals surface area contributed by atoms with Crippen molar-refractivity contribution < 1.29 is 0 Å². The number of hydrogen-bond acceptors (Lipinski definition) is 2. The van der Waals surface area contributed by atoms with E-state index in [0.29, 0.717) is 0 Å².